The zero-order valence-corrected chi connectivity index (χ0v) is 11.3. The number of methoxy groups -OCH3 is 1. The van der Waals surface area contributed by atoms with Crippen LogP contribution in [0.2, 0.25) is 0 Å². The highest BCUT2D eigenvalue weighted by molar-refractivity contribution is 6.32. The number of carbonyl (C=O) groups excluding carboxylic acids is 1. The first-order chi connectivity index (χ1) is 8.04. The largest absolute Gasteiger partial charge is 0.465 e. The number of esters is 1. The molecule has 0 radical (unpaired) electrons. The highest BCUT2D eigenvalue weighted by atomic mass is 35.5. The highest BCUT2D eigenvalue weighted by Gasteiger charge is 2.16. The molecule has 0 spiro atoms. The maximum atomic E-state index is 11.3. The van der Waals surface area contributed by atoms with Gasteiger partial charge >= 0.3 is 5.97 Å². The first-order valence-electron chi connectivity index (χ1n) is 5.53. The molecule has 0 aromatic rings. The van der Waals surface area contributed by atoms with Gasteiger partial charge in [0.1, 0.15) is 0 Å². The van der Waals surface area contributed by atoms with E-state index >= 15 is 0 Å². The van der Waals surface area contributed by atoms with Crippen molar-refractivity contribution in [1.82, 2.24) is 4.90 Å². The van der Waals surface area contributed by atoms with Gasteiger partial charge in [-0.05, 0) is 32.2 Å². The normalized spacial score (nSPS) is 18.1. The summed E-state index contributed by atoms with van der Waals surface area (Å²) in [6, 6.07) is 0. The number of rotatable bonds is 4. The van der Waals surface area contributed by atoms with Gasteiger partial charge < -0.3 is 9.64 Å². The van der Waals surface area contributed by atoms with Crippen LogP contribution in [0.4, 0.5) is 0 Å². The Morgan fingerprint density at radius 1 is 1.53 bits per heavy atom. The van der Waals surface area contributed by atoms with Crippen molar-refractivity contribution in [2.45, 2.75) is 12.8 Å². The summed E-state index contributed by atoms with van der Waals surface area (Å²) >= 11 is 6.07. The van der Waals surface area contributed by atoms with Crippen LogP contribution in [0.25, 0.3) is 0 Å². The molecule has 0 aromatic heterocycles. The maximum absolute atomic E-state index is 11.3. The zero-order valence-electron chi connectivity index (χ0n) is 10.5. The number of hydrogen-bond donors (Lipinski definition) is 0. The van der Waals surface area contributed by atoms with Gasteiger partial charge in [-0.25, -0.2) is 4.79 Å². The second-order valence-electron chi connectivity index (χ2n) is 4.19. The Labute approximate surface area is 107 Å². The number of carbonyl (C=O) groups is 1. The molecule has 0 saturated carbocycles. The van der Waals surface area contributed by atoms with E-state index in [4.69, 9.17) is 11.6 Å². The Hall–Kier alpha value is -1.06. The maximum Gasteiger partial charge on any atom is 0.339 e. The summed E-state index contributed by atoms with van der Waals surface area (Å²) in [5.41, 5.74) is 1.60. The molecule has 0 N–H and O–H groups in total. The van der Waals surface area contributed by atoms with Crippen molar-refractivity contribution in [3.05, 3.63) is 34.4 Å². The molecule has 0 unspecified atom stereocenters. The predicted molar refractivity (Wildman–Crippen MR) is 69.9 cm³/mol. The minimum absolute atomic E-state index is 0.376. The van der Waals surface area contributed by atoms with Crippen LogP contribution in [-0.2, 0) is 9.53 Å². The van der Waals surface area contributed by atoms with Gasteiger partial charge in [0, 0.05) is 18.0 Å². The monoisotopic (exact) mass is 255 g/mol. The molecule has 0 aliphatic heterocycles. The molecule has 0 heterocycles. The van der Waals surface area contributed by atoms with E-state index in [0.29, 0.717) is 17.0 Å². The molecule has 1 rings (SSSR count). The first kappa shape index (κ1) is 14.0. The van der Waals surface area contributed by atoms with E-state index in [1.165, 1.54) is 7.11 Å². The summed E-state index contributed by atoms with van der Waals surface area (Å²) in [4.78, 5) is 13.5. The lowest BCUT2D eigenvalue weighted by atomic mass is 10.0. The van der Waals surface area contributed by atoms with E-state index in [1.807, 2.05) is 20.2 Å². The Bertz CT molecular complexity index is 381. The fourth-order valence-electron chi connectivity index (χ4n) is 1.55. The zero-order chi connectivity index (χ0) is 12.8. The van der Waals surface area contributed by atoms with Gasteiger partial charge in [-0.15, -0.1) is 0 Å². The van der Waals surface area contributed by atoms with Gasteiger partial charge in [-0.2, -0.15) is 0 Å². The topological polar surface area (TPSA) is 29.5 Å². The summed E-state index contributed by atoms with van der Waals surface area (Å²) in [5, 5.41) is 0.551. The summed E-state index contributed by atoms with van der Waals surface area (Å²) < 4.78 is 4.65. The van der Waals surface area contributed by atoms with Crippen LogP contribution < -0.4 is 0 Å². The fourth-order valence-corrected chi connectivity index (χ4v) is 1.85. The minimum Gasteiger partial charge on any atom is -0.465 e. The average molecular weight is 256 g/mol. The van der Waals surface area contributed by atoms with Crippen LogP contribution in [0, 0.1) is 0 Å². The van der Waals surface area contributed by atoms with Crippen LogP contribution in [0.5, 0.6) is 0 Å². The number of hydrogen-bond acceptors (Lipinski definition) is 3. The molecule has 3 nitrogen and oxygen atoms in total. The average Bonchev–Trinajstić information content (AvgIpc) is 2.28. The second-order valence-corrected chi connectivity index (χ2v) is 4.65. The summed E-state index contributed by atoms with van der Waals surface area (Å²) in [7, 11) is 5.44. The van der Waals surface area contributed by atoms with Crippen molar-refractivity contribution in [2.75, 3.05) is 27.7 Å². The van der Waals surface area contributed by atoms with Gasteiger partial charge in [-0.1, -0.05) is 23.8 Å². The number of halogens is 1. The predicted octanol–water partition coefficient (Wildman–Crippen LogP) is 2.49. The molecular formula is C13H18ClNO2. The van der Waals surface area contributed by atoms with Gasteiger partial charge in [0.15, 0.2) is 0 Å². The van der Waals surface area contributed by atoms with E-state index in [-0.39, 0.29) is 5.97 Å². The van der Waals surface area contributed by atoms with Crippen molar-refractivity contribution >= 4 is 17.6 Å². The molecule has 0 amide bonds. The lowest BCUT2D eigenvalue weighted by Gasteiger charge is -2.12. The summed E-state index contributed by atoms with van der Waals surface area (Å²) in [6.45, 7) is 1.00. The third-order valence-corrected chi connectivity index (χ3v) is 2.84. The second kappa shape index (κ2) is 6.62. The first-order valence-corrected chi connectivity index (χ1v) is 5.91. The molecule has 0 atom stereocenters. The molecule has 0 saturated heterocycles. The summed E-state index contributed by atoms with van der Waals surface area (Å²) in [5.74, 6) is -0.376. The Morgan fingerprint density at radius 3 is 2.76 bits per heavy atom. The highest BCUT2D eigenvalue weighted by Crippen LogP contribution is 2.27. The van der Waals surface area contributed by atoms with Gasteiger partial charge in [0.25, 0.3) is 0 Å². The van der Waals surface area contributed by atoms with Gasteiger partial charge in [0.2, 0.25) is 0 Å². The van der Waals surface area contributed by atoms with Crippen molar-refractivity contribution in [3.63, 3.8) is 0 Å². The van der Waals surface area contributed by atoms with Crippen LogP contribution in [0.1, 0.15) is 12.8 Å². The van der Waals surface area contributed by atoms with Crippen LogP contribution in [0.15, 0.2) is 34.4 Å². The van der Waals surface area contributed by atoms with Crippen molar-refractivity contribution in [2.24, 2.45) is 0 Å². The Balaban J connectivity index is 2.62. The van der Waals surface area contributed by atoms with Crippen LogP contribution in [-0.4, -0.2) is 38.6 Å². The fraction of sp³-hybridized carbons (Fsp3) is 0.462. The molecule has 94 valence electrons. The van der Waals surface area contributed by atoms with Gasteiger partial charge in [0.05, 0.1) is 12.7 Å². The SMILES string of the molecule is COC(=O)C1=C(Cl)CC(=CCCN(C)C)C=C1. The molecule has 4 heteroatoms. The third kappa shape index (κ3) is 4.36. The molecule has 0 aromatic carbocycles. The Morgan fingerprint density at radius 2 is 2.24 bits per heavy atom. The van der Waals surface area contributed by atoms with Crippen LogP contribution >= 0.6 is 11.6 Å². The molecule has 1 aliphatic rings. The van der Waals surface area contributed by atoms with Crippen molar-refractivity contribution in [3.8, 4) is 0 Å². The summed E-state index contributed by atoms with van der Waals surface area (Å²) in [6.07, 6.45) is 7.38. The lowest BCUT2D eigenvalue weighted by Crippen LogP contribution is -2.12. The van der Waals surface area contributed by atoms with E-state index in [2.05, 4.69) is 15.7 Å². The number of ether oxygens (including phenoxy) is 1. The van der Waals surface area contributed by atoms with Gasteiger partial charge in [-0.3, -0.25) is 0 Å². The van der Waals surface area contributed by atoms with E-state index in [0.717, 1.165) is 18.5 Å². The Kier molecular flexibility index (Phi) is 5.45. The number of allylic oxidation sites excluding steroid dienone is 3. The smallest absolute Gasteiger partial charge is 0.339 e. The number of nitrogens with zero attached hydrogens (tertiary/aromatic N) is 1. The van der Waals surface area contributed by atoms with E-state index in [1.54, 1.807) is 6.08 Å². The van der Waals surface area contributed by atoms with Crippen molar-refractivity contribution in [1.29, 1.82) is 0 Å². The van der Waals surface area contributed by atoms with E-state index < -0.39 is 0 Å². The molecule has 0 bridgehead atoms. The lowest BCUT2D eigenvalue weighted by molar-refractivity contribution is -0.135. The van der Waals surface area contributed by atoms with E-state index in [9.17, 15) is 4.79 Å². The van der Waals surface area contributed by atoms with Crippen molar-refractivity contribution < 1.29 is 9.53 Å². The standard InChI is InChI=1S/C13H18ClNO2/c1-15(2)8-4-5-10-6-7-11(12(14)9-10)13(16)17-3/h5-7H,4,8-9H2,1-3H3. The molecule has 17 heavy (non-hydrogen) atoms. The molecule has 1 aliphatic carbocycles. The third-order valence-electron chi connectivity index (χ3n) is 2.50. The molecular weight excluding hydrogens is 238 g/mol. The quantitative estimate of drug-likeness (QED) is 0.723. The van der Waals surface area contributed by atoms with Crippen LogP contribution in [0.3, 0.4) is 0 Å². The minimum atomic E-state index is -0.376. The molecule has 0 fully saturated rings.